The molecule has 0 aromatic rings. The van der Waals surface area contributed by atoms with E-state index in [1.807, 2.05) is 6.92 Å². The maximum Gasteiger partial charge on any atom is 0.248 e. The molecule has 0 radical (unpaired) electrons. The van der Waals surface area contributed by atoms with Crippen molar-refractivity contribution in [3.63, 3.8) is 0 Å². The summed E-state index contributed by atoms with van der Waals surface area (Å²) < 4.78 is 0. The monoisotopic (exact) mass is 131 g/mol. The molecule has 0 aliphatic carbocycles. The highest BCUT2D eigenvalue weighted by molar-refractivity contribution is 5.76. The summed E-state index contributed by atoms with van der Waals surface area (Å²) in [5.41, 5.74) is 0. The lowest BCUT2D eigenvalue weighted by atomic mass is 10.1. The molecular weight excluding hydrogens is 118 g/mol. The Balaban J connectivity index is 3.73. The van der Waals surface area contributed by atoms with Gasteiger partial charge in [-0.3, -0.25) is 10.0 Å². The van der Waals surface area contributed by atoms with Crippen LogP contribution in [0.15, 0.2) is 0 Å². The van der Waals surface area contributed by atoms with Gasteiger partial charge in [0.15, 0.2) is 0 Å². The average molecular weight is 131 g/mol. The topological polar surface area (TPSA) is 40.5 Å². The molecule has 0 spiro atoms. The van der Waals surface area contributed by atoms with Crippen LogP contribution < -0.4 is 0 Å². The van der Waals surface area contributed by atoms with Gasteiger partial charge in [0.25, 0.3) is 0 Å². The number of carbonyl (C=O) groups excluding carboxylic acids is 1. The Morgan fingerprint density at radius 3 is 2.33 bits per heavy atom. The summed E-state index contributed by atoms with van der Waals surface area (Å²) in [4.78, 5) is 10.7. The first-order chi connectivity index (χ1) is 4.09. The third kappa shape index (κ3) is 2.46. The molecule has 0 unspecified atom stereocenters. The zero-order chi connectivity index (χ0) is 7.44. The number of hydrogen-bond donors (Lipinski definition) is 1. The number of nitrogens with zero attached hydrogens (tertiary/aromatic N) is 1. The summed E-state index contributed by atoms with van der Waals surface area (Å²) in [6, 6.07) is 0. The summed E-state index contributed by atoms with van der Waals surface area (Å²) in [5.74, 6) is -0.294. The van der Waals surface area contributed by atoms with Crippen molar-refractivity contribution in [2.45, 2.75) is 20.3 Å². The molecule has 1 atom stereocenters. The van der Waals surface area contributed by atoms with Crippen molar-refractivity contribution < 1.29 is 10.0 Å². The molecule has 0 aliphatic heterocycles. The van der Waals surface area contributed by atoms with Gasteiger partial charge >= 0.3 is 0 Å². The molecule has 0 rings (SSSR count). The highest BCUT2D eigenvalue weighted by Crippen LogP contribution is 2.02. The van der Waals surface area contributed by atoms with E-state index in [1.165, 1.54) is 7.05 Å². The lowest BCUT2D eigenvalue weighted by molar-refractivity contribution is -0.163. The van der Waals surface area contributed by atoms with Gasteiger partial charge in [0.2, 0.25) is 5.91 Å². The first kappa shape index (κ1) is 8.43. The molecule has 1 amide bonds. The van der Waals surface area contributed by atoms with E-state index in [9.17, 15) is 4.79 Å². The van der Waals surface area contributed by atoms with Crippen LogP contribution in [0.3, 0.4) is 0 Å². The van der Waals surface area contributed by atoms with E-state index in [0.29, 0.717) is 5.06 Å². The second-order valence-electron chi connectivity index (χ2n) is 2.17. The maximum atomic E-state index is 10.7. The summed E-state index contributed by atoms with van der Waals surface area (Å²) in [6.07, 6.45) is 0.768. The number of hydroxylamine groups is 2. The first-order valence-corrected chi connectivity index (χ1v) is 3.06. The smallest absolute Gasteiger partial charge is 0.248 e. The highest BCUT2D eigenvalue weighted by Gasteiger charge is 2.12. The zero-order valence-corrected chi connectivity index (χ0v) is 6.09. The van der Waals surface area contributed by atoms with Crippen molar-refractivity contribution in [1.82, 2.24) is 5.06 Å². The minimum atomic E-state index is -0.225. The SMILES string of the molecule is CC[C@@H](C)C(=O)N(C)O. The molecule has 54 valence electrons. The zero-order valence-electron chi connectivity index (χ0n) is 6.09. The molecule has 0 aromatic heterocycles. The third-order valence-electron chi connectivity index (χ3n) is 1.35. The van der Waals surface area contributed by atoms with Gasteiger partial charge < -0.3 is 0 Å². The Hall–Kier alpha value is -0.570. The fourth-order valence-corrected chi connectivity index (χ4v) is 0.494. The number of rotatable bonds is 2. The second kappa shape index (κ2) is 3.45. The van der Waals surface area contributed by atoms with Crippen LogP contribution in [0.1, 0.15) is 20.3 Å². The third-order valence-corrected chi connectivity index (χ3v) is 1.35. The van der Waals surface area contributed by atoms with Crippen molar-refractivity contribution in [3.05, 3.63) is 0 Å². The van der Waals surface area contributed by atoms with Crippen molar-refractivity contribution in [2.24, 2.45) is 5.92 Å². The highest BCUT2D eigenvalue weighted by atomic mass is 16.5. The van der Waals surface area contributed by atoms with Crippen molar-refractivity contribution in [2.75, 3.05) is 7.05 Å². The van der Waals surface area contributed by atoms with Crippen LogP contribution in [0.5, 0.6) is 0 Å². The fraction of sp³-hybridized carbons (Fsp3) is 0.833. The summed E-state index contributed by atoms with van der Waals surface area (Å²) in [6.45, 7) is 3.70. The molecule has 3 heteroatoms. The van der Waals surface area contributed by atoms with Gasteiger partial charge in [-0.2, -0.15) is 0 Å². The van der Waals surface area contributed by atoms with Crippen molar-refractivity contribution >= 4 is 5.91 Å². The molecule has 0 fully saturated rings. The first-order valence-electron chi connectivity index (χ1n) is 3.06. The van der Waals surface area contributed by atoms with Crippen molar-refractivity contribution in [3.8, 4) is 0 Å². The van der Waals surface area contributed by atoms with Crippen molar-refractivity contribution in [1.29, 1.82) is 0 Å². The number of carbonyl (C=O) groups is 1. The van der Waals surface area contributed by atoms with E-state index in [2.05, 4.69) is 0 Å². The standard InChI is InChI=1S/C6H13NO2/c1-4-5(2)6(8)7(3)9/h5,9H,4H2,1-3H3/t5-/m1/s1. The summed E-state index contributed by atoms with van der Waals surface area (Å²) in [7, 11) is 1.34. The van der Waals surface area contributed by atoms with E-state index < -0.39 is 0 Å². The predicted molar refractivity (Wildman–Crippen MR) is 34.0 cm³/mol. The molecule has 0 saturated carbocycles. The van der Waals surface area contributed by atoms with E-state index >= 15 is 0 Å². The molecule has 0 bridgehead atoms. The largest absolute Gasteiger partial charge is 0.286 e. The quantitative estimate of drug-likeness (QED) is 0.446. The Kier molecular flexibility index (Phi) is 3.24. The van der Waals surface area contributed by atoms with Gasteiger partial charge in [-0.05, 0) is 6.42 Å². The van der Waals surface area contributed by atoms with Gasteiger partial charge in [0, 0.05) is 13.0 Å². The molecular formula is C6H13NO2. The van der Waals surface area contributed by atoms with Crippen LogP contribution in [0.4, 0.5) is 0 Å². The van der Waals surface area contributed by atoms with E-state index in [-0.39, 0.29) is 11.8 Å². The van der Waals surface area contributed by atoms with Gasteiger partial charge in [-0.1, -0.05) is 13.8 Å². The second-order valence-corrected chi connectivity index (χ2v) is 2.17. The average Bonchev–Trinajstić information content (AvgIpc) is 1.84. The number of amides is 1. The van der Waals surface area contributed by atoms with Crippen LogP contribution in [0, 0.1) is 5.92 Å². The molecule has 0 saturated heterocycles. The predicted octanol–water partition coefficient (Wildman–Crippen LogP) is 0.880. The number of hydrogen-bond acceptors (Lipinski definition) is 2. The Labute approximate surface area is 55.2 Å². The van der Waals surface area contributed by atoms with Crippen LogP contribution in [-0.4, -0.2) is 23.2 Å². The van der Waals surface area contributed by atoms with Gasteiger partial charge in [-0.15, -0.1) is 0 Å². The van der Waals surface area contributed by atoms with Crippen LogP contribution in [-0.2, 0) is 4.79 Å². The van der Waals surface area contributed by atoms with Gasteiger partial charge in [0.05, 0.1) is 0 Å². The molecule has 3 nitrogen and oxygen atoms in total. The molecule has 0 heterocycles. The van der Waals surface area contributed by atoms with Crippen LogP contribution in [0.2, 0.25) is 0 Å². The van der Waals surface area contributed by atoms with Gasteiger partial charge in [0.1, 0.15) is 0 Å². The fourth-order valence-electron chi connectivity index (χ4n) is 0.494. The lowest BCUT2D eigenvalue weighted by Gasteiger charge is -2.12. The maximum absolute atomic E-state index is 10.7. The van der Waals surface area contributed by atoms with Crippen LogP contribution in [0.25, 0.3) is 0 Å². The Morgan fingerprint density at radius 2 is 2.22 bits per heavy atom. The Morgan fingerprint density at radius 1 is 1.78 bits per heavy atom. The molecule has 9 heavy (non-hydrogen) atoms. The summed E-state index contributed by atoms with van der Waals surface area (Å²) in [5, 5.41) is 9.24. The van der Waals surface area contributed by atoms with E-state index in [4.69, 9.17) is 5.21 Å². The Bertz CT molecular complexity index is 101. The lowest BCUT2D eigenvalue weighted by Crippen LogP contribution is -2.27. The molecule has 1 N–H and O–H groups in total. The normalized spacial score (nSPS) is 12.9. The van der Waals surface area contributed by atoms with E-state index in [1.54, 1.807) is 6.92 Å². The molecule has 0 aliphatic rings. The molecule has 0 aromatic carbocycles. The minimum absolute atomic E-state index is 0.0694. The van der Waals surface area contributed by atoms with Gasteiger partial charge in [-0.25, -0.2) is 5.06 Å². The minimum Gasteiger partial charge on any atom is -0.286 e. The van der Waals surface area contributed by atoms with Crippen LogP contribution >= 0.6 is 0 Å². The van der Waals surface area contributed by atoms with E-state index in [0.717, 1.165) is 6.42 Å². The summed E-state index contributed by atoms with van der Waals surface area (Å²) >= 11 is 0.